The summed E-state index contributed by atoms with van der Waals surface area (Å²) in [4.78, 5) is 21.7. The van der Waals surface area contributed by atoms with Gasteiger partial charge in [-0.15, -0.1) is 0 Å². The zero-order chi connectivity index (χ0) is 19.7. The average molecular weight is 399 g/mol. The van der Waals surface area contributed by atoms with Crippen molar-refractivity contribution in [2.75, 3.05) is 6.54 Å². The van der Waals surface area contributed by atoms with Crippen molar-refractivity contribution in [2.24, 2.45) is 0 Å². The van der Waals surface area contributed by atoms with Crippen LogP contribution in [0.2, 0.25) is 0 Å². The molecule has 0 saturated carbocycles. The summed E-state index contributed by atoms with van der Waals surface area (Å²) in [6, 6.07) is 8.89. The zero-order valence-corrected chi connectivity index (χ0v) is 16.1. The summed E-state index contributed by atoms with van der Waals surface area (Å²) in [5.41, 5.74) is 2.85. The summed E-state index contributed by atoms with van der Waals surface area (Å²) in [6.07, 6.45) is 3.19. The molecule has 3 unspecified atom stereocenters. The van der Waals surface area contributed by atoms with Crippen molar-refractivity contribution in [3.05, 3.63) is 54.0 Å². The number of fused-ring (bicyclic) bond motifs is 1. The number of aromatic nitrogens is 3. The van der Waals surface area contributed by atoms with Gasteiger partial charge in [-0.2, -0.15) is 0 Å². The van der Waals surface area contributed by atoms with E-state index < -0.39 is 17.1 Å². The van der Waals surface area contributed by atoms with E-state index in [1.54, 1.807) is 22.4 Å². The first-order valence-corrected chi connectivity index (χ1v) is 10.1. The van der Waals surface area contributed by atoms with Gasteiger partial charge in [0.25, 0.3) is 0 Å². The predicted molar refractivity (Wildman–Crippen MR) is 105 cm³/mol. The highest BCUT2D eigenvalue weighted by Gasteiger charge is 2.27. The van der Waals surface area contributed by atoms with Crippen molar-refractivity contribution in [2.45, 2.75) is 36.9 Å². The summed E-state index contributed by atoms with van der Waals surface area (Å²) < 4.78 is 14.4. The molecule has 8 nitrogen and oxygen atoms in total. The average Bonchev–Trinajstić information content (AvgIpc) is 3.32. The lowest BCUT2D eigenvalue weighted by molar-refractivity contribution is -0.123. The highest BCUT2D eigenvalue weighted by Crippen LogP contribution is 2.17. The van der Waals surface area contributed by atoms with Crippen molar-refractivity contribution in [3.8, 4) is 0 Å². The minimum atomic E-state index is -1.41. The number of hydrogen-bond donors (Lipinski definition) is 3. The van der Waals surface area contributed by atoms with Gasteiger partial charge in [0.1, 0.15) is 5.52 Å². The van der Waals surface area contributed by atoms with E-state index in [1.807, 2.05) is 31.2 Å². The van der Waals surface area contributed by atoms with Crippen LogP contribution >= 0.6 is 0 Å². The van der Waals surface area contributed by atoms with Gasteiger partial charge in [0.05, 0.1) is 35.5 Å². The van der Waals surface area contributed by atoms with Crippen molar-refractivity contribution >= 4 is 28.1 Å². The maximum Gasteiger partial charge on any atom is 0.237 e. The maximum absolute atomic E-state index is 12.8. The third kappa shape index (κ3) is 3.82. The first-order valence-electron chi connectivity index (χ1n) is 9.02. The Kier molecular flexibility index (Phi) is 5.21. The second-order valence-electron chi connectivity index (χ2n) is 6.84. The Morgan fingerprint density at radius 2 is 2.14 bits per heavy atom. The number of β-amino-alcohol motifs (C(OH)–C–C–N with tert-alkyl or cyclic N) is 1. The quantitative estimate of drug-likeness (QED) is 0.581. The van der Waals surface area contributed by atoms with Crippen LogP contribution in [0.25, 0.3) is 11.2 Å². The minimum absolute atomic E-state index is 0.170. The number of carbonyl (C=O) groups is 1. The smallest absolute Gasteiger partial charge is 0.237 e. The molecule has 28 heavy (non-hydrogen) atoms. The van der Waals surface area contributed by atoms with E-state index in [4.69, 9.17) is 0 Å². The minimum Gasteiger partial charge on any atom is -0.392 e. The van der Waals surface area contributed by atoms with E-state index in [0.29, 0.717) is 34.7 Å². The molecule has 0 radical (unpaired) electrons. The third-order valence-electron chi connectivity index (χ3n) is 4.67. The number of aliphatic hydroxyl groups is 1. The molecule has 1 aliphatic heterocycles. The van der Waals surface area contributed by atoms with Crippen molar-refractivity contribution < 1.29 is 14.1 Å². The number of benzene rings is 1. The van der Waals surface area contributed by atoms with E-state index in [-0.39, 0.29) is 18.5 Å². The van der Waals surface area contributed by atoms with Crippen molar-refractivity contribution in [1.29, 1.82) is 0 Å². The first-order chi connectivity index (χ1) is 13.5. The van der Waals surface area contributed by atoms with Crippen LogP contribution in [-0.2, 0) is 22.3 Å². The molecule has 0 aliphatic carbocycles. The molecule has 0 spiro atoms. The lowest BCUT2D eigenvalue weighted by Crippen LogP contribution is -2.40. The number of nitrogens with one attached hydrogen (secondary N) is 2. The van der Waals surface area contributed by atoms with Crippen LogP contribution in [0, 0.1) is 6.92 Å². The molecular weight excluding hydrogens is 378 g/mol. The molecule has 3 aromatic rings. The summed E-state index contributed by atoms with van der Waals surface area (Å²) in [5.74, 6) is -0.170. The highest BCUT2D eigenvalue weighted by atomic mass is 32.2. The van der Waals surface area contributed by atoms with Gasteiger partial charge in [0.15, 0.2) is 16.6 Å². The monoisotopic (exact) mass is 399 g/mol. The van der Waals surface area contributed by atoms with Crippen LogP contribution in [0.3, 0.4) is 0 Å². The SMILES string of the molecule is Cc1ccc(S(=O)n2ccc3nc(CNC(=O)C4CC(O)CN4)cnc32)cc1. The Morgan fingerprint density at radius 3 is 2.86 bits per heavy atom. The fourth-order valence-electron chi connectivity index (χ4n) is 3.13. The normalized spacial score (nSPS) is 20.4. The summed E-state index contributed by atoms with van der Waals surface area (Å²) in [5, 5.41) is 15.3. The van der Waals surface area contributed by atoms with E-state index in [1.165, 1.54) is 0 Å². The van der Waals surface area contributed by atoms with Crippen LogP contribution in [0.5, 0.6) is 0 Å². The number of nitrogens with zero attached hydrogens (tertiary/aromatic N) is 3. The Hall–Kier alpha value is -2.62. The molecule has 1 aromatic carbocycles. The van der Waals surface area contributed by atoms with Crippen LogP contribution in [0.4, 0.5) is 0 Å². The molecule has 3 N–H and O–H groups in total. The van der Waals surface area contributed by atoms with Gasteiger partial charge in [-0.05, 0) is 31.5 Å². The highest BCUT2D eigenvalue weighted by molar-refractivity contribution is 7.83. The van der Waals surface area contributed by atoms with Crippen molar-refractivity contribution in [1.82, 2.24) is 24.6 Å². The topological polar surface area (TPSA) is 109 Å². The first kappa shape index (κ1) is 18.7. The molecule has 1 amide bonds. The summed E-state index contributed by atoms with van der Waals surface area (Å²) >= 11 is 0. The molecule has 2 aromatic heterocycles. The standard InChI is InChI=1S/C19H21N5O3S/c1-12-2-4-15(5-3-12)28(27)24-7-6-16-18(24)21-9-13(23-16)10-22-19(26)17-8-14(25)11-20-17/h2-7,9,14,17,20,25H,8,10-11H2,1H3,(H,22,26). The molecule has 1 fully saturated rings. The Labute approximate surface area is 164 Å². The number of aliphatic hydroxyl groups excluding tert-OH is 1. The van der Waals surface area contributed by atoms with Crippen LogP contribution in [0.1, 0.15) is 17.7 Å². The zero-order valence-electron chi connectivity index (χ0n) is 15.3. The molecule has 3 atom stereocenters. The second kappa shape index (κ2) is 7.78. The molecule has 146 valence electrons. The maximum atomic E-state index is 12.8. The van der Waals surface area contributed by atoms with Gasteiger partial charge in [0, 0.05) is 12.7 Å². The van der Waals surface area contributed by atoms with Crippen LogP contribution in [-0.4, -0.2) is 47.9 Å². The largest absolute Gasteiger partial charge is 0.392 e. The Morgan fingerprint density at radius 1 is 1.36 bits per heavy atom. The lowest BCUT2D eigenvalue weighted by Gasteiger charge is -2.10. The van der Waals surface area contributed by atoms with Gasteiger partial charge in [-0.3, -0.25) is 4.79 Å². The molecule has 9 heteroatoms. The van der Waals surface area contributed by atoms with Gasteiger partial charge >= 0.3 is 0 Å². The summed E-state index contributed by atoms with van der Waals surface area (Å²) in [7, 11) is -1.41. The number of hydrogen-bond acceptors (Lipinski definition) is 6. The Balaban J connectivity index is 1.47. The van der Waals surface area contributed by atoms with E-state index in [9.17, 15) is 14.1 Å². The molecule has 4 rings (SSSR count). The molecule has 0 bridgehead atoms. The number of amides is 1. The van der Waals surface area contributed by atoms with E-state index >= 15 is 0 Å². The third-order valence-corrected chi connectivity index (χ3v) is 6.00. The lowest BCUT2D eigenvalue weighted by atomic mass is 10.2. The van der Waals surface area contributed by atoms with E-state index in [0.717, 1.165) is 5.56 Å². The fourth-order valence-corrected chi connectivity index (χ4v) is 4.20. The molecule has 1 aliphatic rings. The predicted octanol–water partition coefficient (Wildman–Crippen LogP) is 0.650. The van der Waals surface area contributed by atoms with Gasteiger partial charge in [0.2, 0.25) is 5.91 Å². The fraction of sp³-hybridized carbons (Fsp3) is 0.316. The molecule has 3 heterocycles. The van der Waals surface area contributed by atoms with Gasteiger partial charge < -0.3 is 15.7 Å². The second-order valence-corrected chi connectivity index (χ2v) is 8.21. The van der Waals surface area contributed by atoms with E-state index in [2.05, 4.69) is 20.6 Å². The molecular formula is C19H21N5O3S. The Bertz CT molecular complexity index is 1030. The number of rotatable bonds is 5. The van der Waals surface area contributed by atoms with Gasteiger partial charge in [-0.1, -0.05) is 17.7 Å². The summed E-state index contributed by atoms with van der Waals surface area (Å²) in [6.45, 7) is 2.65. The van der Waals surface area contributed by atoms with Crippen molar-refractivity contribution in [3.63, 3.8) is 0 Å². The van der Waals surface area contributed by atoms with Crippen LogP contribution in [0.15, 0.2) is 47.6 Å². The van der Waals surface area contributed by atoms with Gasteiger partial charge in [-0.25, -0.2) is 18.1 Å². The number of aryl methyl sites for hydroxylation is 1. The molecule has 1 saturated heterocycles. The van der Waals surface area contributed by atoms with Crippen LogP contribution < -0.4 is 10.6 Å². The number of carbonyl (C=O) groups excluding carboxylic acids is 1.